The number of carbonyl (C=O) groups excluding carboxylic acids is 2. The number of amides is 2. The zero-order valence-corrected chi connectivity index (χ0v) is 31.5. The Labute approximate surface area is 319 Å². The van der Waals surface area contributed by atoms with Gasteiger partial charge in [-0.3, -0.25) is 14.9 Å². The summed E-state index contributed by atoms with van der Waals surface area (Å²) in [5.41, 5.74) is 3.35. The smallest absolute Gasteiger partial charge is 0.412 e. The fraction of sp³-hybridized carbons (Fsp3) is 0.293. The number of aromatic amines is 1. The van der Waals surface area contributed by atoms with Crippen molar-refractivity contribution in [3.05, 3.63) is 117 Å². The van der Waals surface area contributed by atoms with Crippen LogP contribution in [0.3, 0.4) is 0 Å². The number of fused-ring (bicyclic) bond motifs is 1. The predicted octanol–water partition coefficient (Wildman–Crippen LogP) is 7.06. The number of aromatic hydroxyl groups is 1. The number of ether oxygens (including phenoxy) is 2. The Kier molecular flexibility index (Phi) is 13.3. The number of benzene rings is 4. The molecular weight excluding hydrogens is 710 g/mol. The molecule has 0 unspecified atom stereocenters. The number of hydrogen-bond donors (Lipinski definition) is 6. The number of phenols is 1. The zero-order chi connectivity index (χ0) is 38.8. The molecule has 0 saturated carbocycles. The fourth-order valence-corrected chi connectivity index (χ4v) is 6.23. The molecule has 5 rings (SSSR count). The molecule has 0 aliphatic heterocycles. The van der Waals surface area contributed by atoms with E-state index in [9.17, 15) is 24.6 Å². The van der Waals surface area contributed by atoms with Crippen molar-refractivity contribution in [2.45, 2.75) is 44.9 Å². The lowest BCUT2D eigenvalue weighted by Crippen LogP contribution is -2.35. The summed E-state index contributed by atoms with van der Waals surface area (Å²) in [4.78, 5) is 42.1. The number of phenolic OH excluding ortho intramolecular Hbond substituents is 1. The van der Waals surface area contributed by atoms with E-state index in [1.807, 2.05) is 80.4 Å². The Bertz CT molecular complexity index is 2140. The van der Waals surface area contributed by atoms with Crippen molar-refractivity contribution in [3.8, 4) is 22.6 Å². The Morgan fingerprint density at radius 1 is 0.944 bits per heavy atom. The lowest BCUT2D eigenvalue weighted by molar-refractivity contribution is -0.116. The maximum absolute atomic E-state index is 12.9. The van der Waals surface area contributed by atoms with Crippen molar-refractivity contribution in [1.82, 2.24) is 15.2 Å². The lowest BCUT2D eigenvalue weighted by Gasteiger charge is -2.28. The van der Waals surface area contributed by atoms with E-state index in [0.717, 1.165) is 11.1 Å². The number of aliphatic hydroxyl groups excluding tert-OH is 1. The number of para-hydroxylation sites is 1. The maximum atomic E-state index is 12.9. The molecule has 0 spiro atoms. The minimum Gasteiger partial charge on any atom is -0.506 e. The van der Waals surface area contributed by atoms with Gasteiger partial charge < -0.3 is 40.2 Å². The van der Waals surface area contributed by atoms with Gasteiger partial charge in [-0.1, -0.05) is 66.2 Å². The number of rotatable bonds is 16. The molecule has 1 aromatic heterocycles. The maximum Gasteiger partial charge on any atom is 0.412 e. The van der Waals surface area contributed by atoms with E-state index in [1.54, 1.807) is 24.3 Å². The number of pyridine rings is 1. The molecule has 5 aromatic rings. The van der Waals surface area contributed by atoms with Crippen LogP contribution < -0.4 is 26.2 Å². The van der Waals surface area contributed by atoms with Crippen LogP contribution >= 0.6 is 11.6 Å². The summed E-state index contributed by atoms with van der Waals surface area (Å²) in [7, 11) is 3.42. The molecule has 4 aromatic carbocycles. The summed E-state index contributed by atoms with van der Waals surface area (Å²) in [6.07, 6.45) is -0.738. The number of H-pyrrole nitrogens is 1. The molecule has 0 aliphatic carbocycles. The number of aromatic nitrogens is 1. The van der Waals surface area contributed by atoms with Gasteiger partial charge in [-0.15, -0.1) is 0 Å². The third kappa shape index (κ3) is 10.6. The van der Waals surface area contributed by atoms with E-state index in [1.165, 1.54) is 19.2 Å². The summed E-state index contributed by atoms with van der Waals surface area (Å²) in [5.74, 6) is 0.186. The van der Waals surface area contributed by atoms with Crippen molar-refractivity contribution in [3.63, 3.8) is 0 Å². The Morgan fingerprint density at radius 2 is 1.69 bits per heavy atom. The number of hydrogen-bond acceptors (Lipinski definition) is 9. The van der Waals surface area contributed by atoms with Gasteiger partial charge in [0.2, 0.25) is 11.5 Å². The third-order valence-electron chi connectivity index (χ3n) is 9.00. The van der Waals surface area contributed by atoms with Crippen LogP contribution in [-0.4, -0.2) is 71.5 Å². The van der Waals surface area contributed by atoms with Crippen LogP contribution in [0.1, 0.15) is 43.9 Å². The average Bonchev–Trinajstić information content (AvgIpc) is 3.14. The molecule has 284 valence electrons. The molecule has 1 heterocycles. The number of nitrogens with one attached hydrogen (secondary N) is 4. The van der Waals surface area contributed by atoms with Gasteiger partial charge in [0, 0.05) is 61.2 Å². The molecule has 13 heteroatoms. The van der Waals surface area contributed by atoms with Gasteiger partial charge in [0.05, 0.1) is 35.1 Å². The summed E-state index contributed by atoms with van der Waals surface area (Å²) >= 11 is 6.57. The first-order valence-electron chi connectivity index (χ1n) is 17.6. The first-order chi connectivity index (χ1) is 25.8. The molecule has 0 aliphatic rings. The first kappa shape index (κ1) is 39.8. The zero-order valence-electron chi connectivity index (χ0n) is 30.7. The fourth-order valence-electron chi connectivity index (χ4n) is 6.00. The molecule has 0 fully saturated rings. The number of methoxy groups -OCH3 is 1. The van der Waals surface area contributed by atoms with Crippen LogP contribution in [0.2, 0.25) is 5.02 Å². The lowest BCUT2D eigenvalue weighted by atomic mass is 10.0. The van der Waals surface area contributed by atoms with E-state index in [2.05, 4.69) is 20.9 Å². The van der Waals surface area contributed by atoms with Crippen molar-refractivity contribution < 1.29 is 29.3 Å². The first-order valence-corrected chi connectivity index (χ1v) is 17.9. The average molecular weight is 756 g/mol. The van der Waals surface area contributed by atoms with Gasteiger partial charge in [-0.2, -0.15) is 0 Å². The Morgan fingerprint density at radius 3 is 2.44 bits per heavy atom. The second-order valence-electron chi connectivity index (χ2n) is 13.6. The minimum atomic E-state index is -0.941. The quantitative estimate of drug-likeness (QED) is 0.0618. The largest absolute Gasteiger partial charge is 0.506 e. The van der Waals surface area contributed by atoms with Crippen molar-refractivity contribution in [2.75, 3.05) is 44.4 Å². The van der Waals surface area contributed by atoms with Gasteiger partial charge in [-0.05, 0) is 62.7 Å². The van der Waals surface area contributed by atoms with E-state index in [-0.39, 0.29) is 35.7 Å². The molecular formula is C41H46ClN5O7. The Hall–Kier alpha value is -5.40. The highest BCUT2D eigenvalue weighted by Crippen LogP contribution is 2.33. The normalized spacial score (nSPS) is 12.1. The highest BCUT2D eigenvalue weighted by atomic mass is 35.5. The van der Waals surface area contributed by atoms with Gasteiger partial charge in [-0.25, -0.2) is 4.79 Å². The van der Waals surface area contributed by atoms with Crippen LogP contribution in [-0.2, 0) is 16.1 Å². The summed E-state index contributed by atoms with van der Waals surface area (Å²) in [6.45, 7) is 5.22. The number of nitrogens with zero attached hydrogens (tertiary/aromatic N) is 1. The predicted molar refractivity (Wildman–Crippen MR) is 212 cm³/mol. The molecule has 2 amide bonds. The van der Waals surface area contributed by atoms with Crippen molar-refractivity contribution in [2.24, 2.45) is 0 Å². The van der Waals surface area contributed by atoms with Gasteiger partial charge >= 0.3 is 6.09 Å². The second kappa shape index (κ2) is 18.1. The number of carbonyl (C=O) groups is 2. The van der Waals surface area contributed by atoms with Crippen molar-refractivity contribution in [1.29, 1.82) is 0 Å². The number of halogens is 1. The number of anilines is 2. The van der Waals surface area contributed by atoms with E-state index in [0.29, 0.717) is 64.7 Å². The van der Waals surface area contributed by atoms with Gasteiger partial charge in [0.1, 0.15) is 17.1 Å². The second-order valence-corrected chi connectivity index (χ2v) is 14.0. The highest BCUT2D eigenvalue weighted by Gasteiger charge is 2.24. The van der Waals surface area contributed by atoms with E-state index in [4.69, 9.17) is 21.1 Å². The van der Waals surface area contributed by atoms with Crippen LogP contribution in [0.25, 0.3) is 22.0 Å². The highest BCUT2D eigenvalue weighted by molar-refractivity contribution is 6.33. The van der Waals surface area contributed by atoms with Crippen molar-refractivity contribution >= 4 is 45.9 Å². The Balaban J connectivity index is 1.07. The molecule has 0 radical (unpaired) electrons. The topological polar surface area (TPSA) is 165 Å². The molecule has 12 nitrogen and oxygen atoms in total. The summed E-state index contributed by atoms with van der Waals surface area (Å²) < 4.78 is 11.4. The molecule has 0 saturated heterocycles. The van der Waals surface area contributed by atoms with E-state index < -0.39 is 17.8 Å². The summed E-state index contributed by atoms with van der Waals surface area (Å²) in [5, 5.41) is 30.8. The summed E-state index contributed by atoms with van der Waals surface area (Å²) in [6, 6.07) is 26.7. The van der Waals surface area contributed by atoms with E-state index >= 15 is 0 Å². The third-order valence-corrected chi connectivity index (χ3v) is 9.31. The van der Waals surface area contributed by atoms with Crippen LogP contribution in [0.15, 0.2) is 95.8 Å². The monoisotopic (exact) mass is 755 g/mol. The van der Waals surface area contributed by atoms with Crippen LogP contribution in [0.4, 0.5) is 16.2 Å². The van der Waals surface area contributed by atoms with Crippen LogP contribution in [0.5, 0.6) is 11.5 Å². The standard InChI is InChI=1S/C41H46ClN5O7/c1-41(2,54-40(52)45-32-13-9-8-12-28(32)26-10-6-5-7-11-26)19-21-47(3)20-18-38(51)44-33-23-36(53-4)27(22-31(33)42)24-43-25-35(49)29-14-16-34(48)39-30(29)15-17-37(50)46-39/h5-17,22-23,35,43,48-49H,18-21,24-25H2,1-4H3,(H,44,51)(H,45,52)(H,46,50)/t35-/m0/s1. The molecule has 0 bridgehead atoms. The van der Waals surface area contributed by atoms with Gasteiger partial charge in [0.15, 0.2) is 0 Å². The molecule has 6 N–H and O–H groups in total. The SMILES string of the molecule is COc1cc(NC(=O)CCN(C)CCC(C)(C)OC(=O)Nc2ccccc2-c2ccccc2)c(Cl)cc1CNC[C@H](O)c1ccc(O)c2[nH]c(=O)ccc12. The minimum absolute atomic E-state index is 0.0833. The van der Waals surface area contributed by atoms with Crippen LogP contribution in [0, 0.1) is 0 Å². The molecule has 1 atom stereocenters. The van der Waals surface area contributed by atoms with Gasteiger partial charge in [0.25, 0.3) is 0 Å². The number of aliphatic hydroxyl groups is 1. The molecule has 54 heavy (non-hydrogen) atoms.